The molecule has 0 bridgehead atoms. The fraction of sp³-hybridized carbons (Fsp3) is 0.333. The van der Waals surface area contributed by atoms with Crippen molar-refractivity contribution >= 4 is 40.8 Å². The van der Waals surface area contributed by atoms with Crippen molar-refractivity contribution in [3.8, 4) is 0 Å². The molecule has 2 aromatic rings. The molecule has 1 aliphatic rings. The van der Waals surface area contributed by atoms with E-state index in [0.29, 0.717) is 28.7 Å². The molecular weight excluding hydrogens is 399 g/mol. The van der Waals surface area contributed by atoms with Crippen LogP contribution in [-0.4, -0.2) is 49.1 Å². The summed E-state index contributed by atoms with van der Waals surface area (Å²) in [6.07, 6.45) is -0.921. The van der Waals surface area contributed by atoms with Crippen molar-refractivity contribution in [1.82, 2.24) is 4.90 Å². The summed E-state index contributed by atoms with van der Waals surface area (Å²) in [6, 6.07) is 15.1. The van der Waals surface area contributed by atoms with E-state index >= 15 is 0 Å². The molecule has 148 valence electrons. The lowest BCUT2D eigenvalue weighted by Gasteiger charge is -2.37. The molecule has 1 saturated heterocycles. The molecule has 1 atom stereocenters. The summed E-state index contributed by atoms with van der Waals surface area (Å²) in [4.78, 5) is 28.8. The van der Waals surface area contributed by atoms with E-state index in [1.165, 1.54) is 0 Å². The highest BCUT2D eigenvalue weighted by Gasteiger charge is 2.27. The van der Waals surface area contributed by atoms with Crippen LogP contribution in [0.2, 0.25) is 10.0 Å². The van der Waals surface area contributed by atoms with Crippen LogP contribution in [0.3, 0.4) is 0 Å². The molecule has 0 N–H and O–H groups in total. The Morgan fingerprint density at radius 2 is 1.57 bits per heavy atom. The summed E-state index contributed by atoms with van der Waals surface area (Å²) in [5, 5.41) is 0.806. The Balaban J connectivity index is 1.51. The van der Waals surface area contributed by atoms with Crippen molar-refractivity contribution in [2.75, 3.05) is 31.1 Å². The number of hydrogen-bond acceptors (Lipinski definition) is 4. The van der Waals surface area contributed by atoms with Crippen LogP contribution in [0.5, 0.6) is 0 Å². The molecule has 0 spiro atoms. The Morgan fingerprint density at radius 3 is 2.18 bits per heavy atom. The summed E-state index contributed by atoms with van der Waals surface area (Å²) in [6.45, 7) is 4.26. The zero-order valence-electron chi connectivity index (χ0n) is 15.6. The average molecular weight is 421 g/mol. The zero-order valence-corrected chi connectivity index (χ0v) is 17.1. The first-order valence-corrected chi connectivity index (χ1v) is 9.92. The number of carbonyl (C=O) groups is 2. The lowest BCUT2D eigenvalue weighted by atomic mass is 10.1. The van der Waals surface area contributed by atoms with Crippen molar-refractivity contribution in [2.24, 2.45) is 0 Å². The molecule has 5 nitrogen and oxygen atoms in total. The summed E-state index contributed by atoms with van der Waals surface area (Å²) in [5.41, 5.74) is 1.65. The van der Waals surface area contributed by atoms with Crippen LogP contribution in [0.1, 0.15) is 12.5 Å². The van der Waals surface area contributed by atoms with Gasteiger partial charge in [-0.25, -0.2) is 0 Å². The Bertz CT molecular complexity index is 817. The van der Waals surface area contributed by atoms with Gasteiger partial charge < -0.3 is 14.5 Å². The van der Waals surface area contributed by atoms with Gasteiger partial charge in [-0.2, -0.15) is 0 Å². The van der Waals surface area contributed by atoms with Gasteiger partial charge in [0.2, 0.25) is 0 Å². The van der Waals surface area contributed by atoms with Crippen LogP contribution in [0.4, 0.5) is 5.69 Å². The largest absolute Gasteiger partial charge is 0.452 e. The normalized spacial score (nSPS) is 15.2. The topological polar surface area (TPSA) is 49.9 Å². The molecule has 7 heteroatoms. The lowest BCUT2D eigenvalue weighted by Crippen LogP contribution is -2.51. The number of amides is 1. The van der Waals surface area contributed by atoms with Gasteiger partial charge in [0, 0.05) is 47.5 Å². The standard InChI is InChI=1S/C21H22Cl2N2O3/c1-15(28-20(26)14-17-18(22)8-5-9-19(17)23)21(27)25-12-10-24(11-13-25)16-6-3-2-4-7-16/h2-9,15H,10-14H2,1H3. The molecule has 3 rings (SSSR count). The van der Waals surface area contributed by atoms with E-state index in [-0.39, 0.29) is 12.3 Å². The number of carbonyl (C=O) groups excluding carboxylic acids is 2. The number of piperazine rings is 1. The van der Waals surface area contributed by atoms with Gasteiger partial charge in [-0.1, -0.05) is 47.5 Å². The summed E-state index contributed by atoms with van der Waals surface area (Å²) < 4.78 is 5.33. The van der Waals surface area contributed by atoms with Gasteiger partial charge in [0.25, 0.3) is 5.91 Å². The molecule has 2 aromatic carbocycles. The third kappa shape index (κ3) is 4.97. The smallest absolute Gasteiger partial charge is 0.311 e. The number of anilines is 1. The second kappa shape index (κ2) is 9.30. The van der Waals surface area contributed by atoms with Crippen LogP contribution < -0.4 is 4.90 Å². The molecule has 1 aliphatic heterocycles. The number of rotatable bonds is 5. The highest BCUT2D eigenvalue weighted by atomic mass is 35.5. The van der Waals surface area contributed by atoms with E-state index in [1.807, 2.05) is 18.2 Å². The zero-order chi connectivity index (χ0) is 20.1. The van der Waals surface area contributed by atoms with Crippen LogP contribution in [0.25, 0.3) is 0 Å². The van der Waals surface area contributed by atoms with Crippen LogP contribution >= 0.6 is 23.2 Å². The summed E-state index contributed by atoms with van der Waals surface area (Å²) >= 11 is 12.2. The number of esters is 1. The molecule has 1 fully saturated rings. The summed E-state index contributed by atoms with van der Waals surface area (Å²) in [7, 11) is 0. The van der Waals surface area contributed by atoms with E-state index in [2.05, 4.69) is 17.0 Å². The molecular formula is C21H22Cl2N2O3. The minimum atomic E-state index is -0.850. The fourth-order valence-electron chi connectivity index (χ4n) is 3.22. The Hall–Kier alpha value is -2.24. The van der Waals surface area contributed by atoms with Gasteiger partial charge in [-0.05, 0) is 31.2 Å². The van der Waals surface area contributed by atoms with Gasteiger partial charge >= 0.3 is 5.97 Å². The number of para-hydroxylation sites is 1. The highest BCUT2D eigenvalue weighted by molar-refractivity contribution is 6.36. The minimum absolute atomic E-state index is 0.0715. The number of ether oxygens (including phenoxy) is 1. The van der Waals surface area contributed by atoms with E-state index < -0.39 is 12.1 Å². The van der Waals surface area contributed by atoms with Crippen molar-refractivity contribution in [3.05, 3.63) is 64.1 Å². The third-order valence-corrected chi connectivity index (χ3v) is 5.46. The second-order valence-electron chi connectivity index (χ2n) is 6.66. The highest BCUT2D eigenvalue weighted by Crippen LogP contribution is 2.25. The van der Waals surface area contributed by atoms with Crippen LogP contribution in [0.15, 0.2) is 48.5 Å². The average Bonchev–Trinajstić information content (AvgIpc) is 2.71. The van der Waals surface area contributed by atoms with Gasteiger partial charge in [-0.15, -0.1) is 0 Å². The van der Waals surface area contributed by atoms with E-state index in [0.717, 1.165) is 18.8 Å². The van der Waals surface area contributed by atoms with Crippen molar-refractivity contribution in [1.29, 1.82) is 0 Å². The number of halogens is 2. The minimum Gasteiger partial charge on any atom is -0.452 e. The van der Waals surface area contributed by atoms with Gasteiger partial charge in [-0.3, -0.25) is 9.59 Å². The van der Waals surface area contributed by atoms with Gasteiger partial charge in [0.1, 0.15) is 0 Å². The Kier molecular flexibility index (Phi) is 6.81. The molecule has 0 aliphatic carbocycles. The fourth-order valence-corrected chi connectivity index (χ4v) is 3.75. The van der Waals surface area contributed by atoms with Crippen molar-refractivity contribution in [3.63, 3.8) is 0 Å². The van der Waals surface area contributed by atoms with Gasteiger partial charge in [0.05, 0.1) is 6.42 Å². The maximum Gasteiger partial charge on any atom is 0.311 e. The van der Waals surface area contributed by atoms with E-state index in [9.17, 15) is 9.59 Å². The molecule has 0 aromatic heterocycles. The first kappa shape index (κ1) is 20.5. The second-order valence-corrected chi connectivity index (χ2v) is 7.47. The molecule has 28 heavy (non-hydrogen) atoms. The SMILES string of the molecule is CC(OC(=O)Cc1c(Cl)cccc1Cl)C(=O)N1CCN(c2ccccc2)CC1. The first-order chi connectivity index (χ1) is 13.5. The predicted molar refractivity (Wildman–Crippen MR) is 111 cm³/mol. The predicted octanol–water partition coefficient (Wildman–Crippen LogP) is 3.82. The maximum absolute atomic E-state index is 12.6. The maximum atomic E-state index is 12.6. The molecule has 1 amide bonds. The quantitative estimate of drug-likeness (QED) is 0.689. The van der Waals surface area contributed by atoms with Gasteiger partial charge in [0.15, 0.2) is 6.10 Å². The molecule has 0 radical (unpaired) electrons. The number of nitrogens with zero attached hydrogens (tertiary/aromatic N) is 2. The van der Waals surface area contributed by atoms with E-state index in [1.54, 1.807) is 30.0 Å². The third-order valence-electron chi connectivity index (χ3n) is 4.75. The molecule has 1 unspecified atom stereocenters. The number of benzene rings is 2. The molecule has 1 heterocycles. The number of hydrogen-bond donors (Lipinski definition) is 0. The van der Waals surface area contributed by atoms with Crippen molar-refractivity contribution in [2.45, 2.75) is 19.4 Å². The molecule has 0 saturated carbocycles. The van der Waals surface area contributed by atoms with Crippen LogP contribution in [-0.2, 0) is 20.7 Å². The van der Waals surface area contributed by atoms with E-state index in [4.69, 9.17) is 27.9 Å². The Labute approximate surface area is 174 Å². The monoisotopic (exact) mass is 420 g/mol. The first-order valence-electron chi connectivity index (χ1n) is 9.17. The Morgan fingerprint density at radius 1 is 0.964 bits per heavy atom. The van der Waals surface area contributed by atoms with Crippen molar-refractivity contribution < 1.29 is 14.3 Å². The summed E-state index contributed by atoms with van der Waals surface area (Å²) in [5.74, 6) is -0.718. The van der Waals surface area contributed by atoms with Crippen LogP contribution in [0, 0.1) is 0 Å². The lowest BCUT2D eigenvalue weighted by molar-refractivity contribution is -0.158.